The monoisotopic (exact) mass is 338 g/mol. The lowest BCUT2D eigenvalue weighted by atomic mass is 10.0. The molecule has 1 fully saturated rings. The van der Waals surface area contributed by atoms with Crippen LogP contribution in [0.2, 0.25) is 0 Å². The molecular weight excluding hydrogens is 312 g/mol. The van der Waals surface area contributed by atoms with E-state index in [0.29, 0.717) is 11.7 Å². The van der Waals surface area contributed by atoms with E-state index in [-0.39, 0.29) is 6.04 Å². The van der Waals surface area contributed by atoms with E-state index < -0.39 is 0 Å². The lowest BCUT2D eigenvalue weighted by molar-refractivity contribution is 0.116. The Labute approximate surface area is 149 Å². The molecule has 2 aromatic rings. The van der Waals surface area contributed by atoms with Crippen LogP contribution in [0.15, 0.2) is 28.8 Å². The van der Waals surface area contributed by atoms with E-state index in [9.17, 15) is 0 Å². The molecule has 0 saturated carbocycles. The third-order valence-corrected chi connectivity index (χ3v) is 4.88. The summed E-state index contributed by atoms with van der Waals surface area (Å²) in [7, 11) is 0. The molecule has 1 atom stereocenters. The molecule has 25 heavy (non-hydrogen) atoms. The molecule has 5 nitrogen and oxygen atoms in total. The van der Waals surface area contributed by atoms with Gasteiger partial charge in [0.1, 0.15) is 0 Å². The highest BCUT2D eigenvalue weighted by Gasteiger charge is 2.38. The SMILES string of the molecule is [C-]#[N+]N1CC[C@H]1c1nc(-c2ccc(CCCCCCCC)cc2)no1. The molecule has 132 valence electrons. The van der Waals surface area contributed by atoms with Crippen LogP contribution in [-0.4, -0.2) is 21.7 Å². The first-order valence-corrected chi connectivity index (χ1v) is 9.38. The van der Waals surface area contributed by atoms with Crippen LogP contribution < -0.4 is 0 Å². The number of nitrogens with zero attached hydrogens (tertiary/aromatic N) is 4. The van der Waals surface area contributed by atoms with Gasteiger partial charge in [-0.1, -0.05) is 73.5 Å². The molecule has 1 aliphatic heterocycles. The second kappa shape index (κ2) is 8.66. The van der Waals surface area contributed by atoms with Gasteiger partial charge in [-0.2, -0.15) is 16.5 Å². The third-order valence-electron chi connectivity index (χ3n) is 4.88. The van der Waals surface area contributed by atoms with Gasteiger partial charge in [-0.15, -0.1) is 0 Å². The summed E-state index contributed by atoms with van der Waals surface area (Å²) in [5, 5.41) is 5.73. The number of hydrogen-bond acceptors (Lipinski definition) is 4. The average molecular weight is 338 g/mol. The summed E-state index contributed by atoms with van der Waals surface area (Å²) >= 11 is 0. The van der Waals surface area contributed by atoms with Gasteiger partial charge < -0.3 is 4.52 Å². The Balaban J connectivity index is 1.51. The van der Waals surface area contributed by atoms with E-state index in [0.717, 1.165) is 24.9 Å². The quantitative estimate of drug-likeness (QED) is 0.464. The van der Waals surface area contributed by atoms with Gasteiger partial charge in [0.2, 0.25) is 5.82 Å². The van der Waals surface area contributed by atoms with Gasteiger partial charge in [-0.25, -0.2) is 0 Å². The minimum Gasteiger partial charge on any atom is -0.336 e. The molecule has 1 aromatic heterocycles. The van der Waals surface area contributed by atoms with E-state index >= 15 is 0 Å². The summed E-state index contributed by atoms with van der Waals surface area (Å²) in [5.74, 6) is 1.16. The molecular formula is C20H26N4O. The minimum atomic E-state index is -0.0364. The number of benzene rings is 1. The highest BCUT2D eigenvalue weighted by molar-refractivity contribution is 5.54. The van der Waals surface area contributed by atoms with Gasteiger partial charge in [0, 0.05) is 12.0 Å². The summed E-state index contributed by atoms with van der Waals surface area (Å²) in [6.07, 6.45) is 9.97. The topological polar surface area (TPSA) is 46.5 Å². The van der Waals surface area contributed by atoms with Crippen LogP contribution >= 0.6 is 0 Å². The molecule has 0 bridgehead atoms. The Hall–Kier alpha value is -2.35. The summed E-state index contributed by atoms with van der Waals surface area (Å²) < 4.78 is 5.35. The van der Waals surface area contributed by atoms with Crippen molar-refractivity contribution in [3.05, 3.63) is 47.2 Å². The van der Waals surface area contributed by atoms with E-state index in [1.54, 1.807) is 5.01 Å². The summed E-state index contributed by atoms with van der Waals surface area (Å²) in [6.45, 7) is 10.1. The molecule has 2 heterocycles. The maximum absolute atomic E-state index is 7.10. The van der Waals surface area contributed by atoms with Crippen LogP contribution in [0, 0.1) is 6.57 Å². The van der Waals surface area contributed by atoms with E-state index in [2.05, 4.69) is 46.3 Å². The fraction of sp³-hybridized carbons (Fsp3) is 0.550. The number of hydrogen-bond donors (Lipinski definition) is 0. The van der Waals surface area contributed by atoms with Gasteiger partial charge in [-0.05, 0) is 18.4 Å². The van der Waals surface area contributed by atoms with E-state index in [4.69, 9.17) is 11.1 Å². The Bertz CT molecular complexity index is 701. The second-order valence-electron chi connectivity index (χ2n) is 6.74. The van der Waals surface area contributed by atoms with Gasteiger partial charge in [0.15, 0.2) is 6.04 Å². The molecule has 1 saturated heterocycles. The van der Waals surface area contributed by atoms with Crippen molar-refractivity contribution < 1.29 is 4.52 Å². The average Bonchev–Trinajstić information content (AvgIpc) is 3.07. The Kier molecular flexibility index (Phi) is 6.05. The molecule has 0 aliphatic carbocycles. The first-order chi connectivity index (χ1) is 12.3. The number of aromatic nitrogens is 2. The van der Waals surface area contributed by atoms with E-state index in [1.165, 1.54) is 44.1 Å². The van der Waals surface area contributed by atoms with Crippen molar-refractivity contribution in [3.63, 3.8) is 0 Å². The zero-order valence-electron chi connectivity index (χ0n) is 14.9. The van der Waals surface area contributed by atoms with Crippen LogP contribution in [0.1, 0.15) is 69.4 Å². The molecule has 0 radical (unpaired) electrons. The maximum Gasteiger partial charge on any atom is 0.256 e. The predicted molar refractivity (Wildman–Crippen MR) is 97.5 cm³/mol. The summed E-state index contributed by atoms with van der Waals surface area (Å²) in [6, 6.07) is 8.41. The normalized spacial score (nSPS) is 16.5. The molecule has 1 aromatic carbocycles. The largest absolute Gasteiger partial charge is 0.336 e. The third kappa shape index (κ3) is 4.39. The molecule has 0 spiro atoms. The van der Waals surface area contributed by atoms with E-state index in [1.807, 2.05) is 0 Å². The van der Waals surface area contributed by atoms with Crippen molar-refractivity contribution >= 4 is 0 Å². The molecule has 1 aliphatic rings. The fourth-order valence-electron chi connectivity index (χ4n) is 3.16. The Morgan fingerprint density at radius 2 is 1.92 bits per heavy atom. The number of rotatable bonds is 9. The van der Waals surface area contributed by atoms with Gasteiger partial charge in [-0.3, -0.25) is 0 Å². The van der Waals surface area contributed by atoms with Crippen molar-refractivity contribution in [2.75, 3.05) is 6.54 Å². The van der Waals surface area contributed by atoms with Crippen molar-refractivity contribution in [1.82, 2.24) is 15.1 Å². The molecule has 0 unspecified atom stereocenters. The van der Waals surface area contributed by atoms with Crippen LogP contribution in [0.5, 0.6) is 0 Å². The standard InChI is InChI=1S/C20H26N4O/c1-3-4-5-6-7-8-9-16-10-12-17(13-11-16)19-22-20(25-23-19)18-14-15-24(18)21-2/h10-13,18H,3-9,14-15H2,1H3/t18-/m0/s1. The zero-order chi connectivity index (χ0) is 17.5. The van der Waals surface area contributed by atoms with Gasteiger partial charge in [0.25, 0.3) is 5.89 Å². The minimum absolute atomic E-state index is 0.0364. The summed E-state index contributed by atoms with van der Waals surface area (Å²) in [5.41, 5.74) is 2.33. The van der Waals surface area contributed by atoms with Gasteiger partial charge in [0.05, 0.1) is 6.54 Å². The molecule has 5 heteroatoms. The first kappa shape index (κ1) is 17.5. The Morgan fingerprint density at radius 3 is 2.60 bits per heavy atom. The Morgan fingerprint density at radius 1 is 1.16 bits per heavy atom. The fourth-order valence-corrected chi connectivity index (χ4v) is 3.16. The first-order valence-electron chi connectivity index (χ1n) is 9.38. The molecule has 3 rings (SSSR count). The predicted octanol–water partition coefficient (Wildman–Crippen LogP) is 5.22. The lowest BCUT2D eigenvalue weighted by Crippen LogP contribution is -2.35. The summed E-state index contributed by atoms with van der Waals surface area (Å²) in [4.78, 5) is 7.92. The van der Waals surface area contributed by atoms with Crippen molar-refractivity contribution in [3.8, 4) is 11.4 Å². The van der Waals surface area contributed by atoms with Crippen LogP contribution in [0.3, 0.4) is 0 Å². The number of aryl methyl sites for hydroxylation is 1. The van der Waals surface area contributed by atoms with Gasteiger partial charge >= 0.3 is 0 Å². The van der Waals surface area contributed by atoms with Crippen LogP contribution in [-0.2, 0) is 6.42 Å². The van der Waals surface area contributed by atoms with Crippen LogP contribution in [0.25, 0.3) is 16.3 Å². The molecule has 0 amide bonds. The molecule has 0 N–H and O–H groups in total. The maximum atomic E-state index is 7.10. The lowest BCUT2D eigenvalue weighted by Gasteiger charge is -2.26. The smallest absolute Gasteiger partial charge is 0.256 e. The highest BCUT2D eigenvalue weighted by Crippen LogP contribution is 2.33. The number of unbranched alkanes of at least 4 members (excludes halogenated alkanes) is 5. The second-order valence-corrected chi connectivity index (χ2v) is 6.74. The zero-order valence-corrected chi connectivity index (χ0v) is 14.9. The van der Waals surface area contributed by atoms with Crippen LogP contribution in [0.4, 0.5) is 0 Å². The highest BCUT2D eigenvalue weighted by atomic mass is 16.5. The van der Waals surface area contributed by atoms with Crippen molar-refractivity contribution in [2.45, 2.75) is 64.3 Å². The van der Waals surface area contributed by atoms with Crippen molar-refractivity contribution in [1.29, 1.82) is 0 Å². The van der Waals surface area contributed by atoms with Crippen molar-refractivity contribution in [2.24, 2.45) is 0 Å².